The molecule has 0 aromatic rings. The fraction of sp³-hybridized carbons (Fsp3) is 0.900. The van der Waals surface area contributed by atoms with Gasteiger partial charge in [0.15, 0.2) is 0 Å². The quantitative estimate of drug-likeness (QED) is 0.555. The molecule has 0 fully saturated rings. The summed E-state index contributed by atoms with van der Waals surface area (Å²) in [4.78, 5) is 11.4. The molecule has 0 bridgehead atoms. The van der Waals surface area contributed by atoms with Crippen LogP contribution in [0.2, 0.25) is 0 Å². The second kappa shape index (κ2) is 6.79. The zero-order valence-corrected chi connectivity index (χ0v) is 9.39. The molecule has 0 aromatic carbocycles. The lowest BCUT2D eigenvalue weighted by molar-refractivity contribution is -0.123. The van der Waals surface area contributed by atoms with Crippen molar-refractivity contribution in [3.8, 4) is 0 Å². The van der Waals surface area contributed by atoms with E-state index in [1.54, 1.807) is 0 Å². The van der Waals surface area contributed by atoms with Crippen LogP contribution in [0.25, 0.3) is 0 Å². The predicted molar refractivity (Wildman–Crippen MR) is 57.1 cm³/mol. The van der Waals surface area contributed by atoms with Crippen molar-refractivity contribution in [1.82, 2.24) is 10.6 Å². The molecule has 14 heavy (non-hydrogen) atoms. The Morgan fingerprint density at radius 2 is 1.93 bits per heavy atom. The Morgan fingerprint density at radius 3 is 2.29 bits per heavy atom. The molecule has 0 rings (SSSR count). The fourth-order valence-corrected chi connectivity index (χ4v) is 1.29. The Kier molecular flexibility index (Phi) is 6.49. The molecular weight excluding hydrogens is 180 g/mol. The number of amides is 1. The molecule has 0 radical (unpaired) electrons. The number of nitrogens with one attached hydrogen (secondary N) is 2. The van der Waals surface area contributed by atoms with Gasteiger partial charge < -0.3 is 15.7 Å². The van der Waals surface area contributed by atoms with E-state index in [0.717, 1.165) is 12.8 Å². The van der Waals surface area contributed by atoms with E-state index in [-0.39, 0.29) is 12.5 Å². The first kappa shape index (κ1) is 13.4. The highest BCUT2D eigenvalue weighted by Gasteiger charge is 2.26. The largest absolute Gasteiger partial charge is 0.394 e. The molecule has 0 atom stereocenters. The van der Waals surface area contributed by atoms with Gasteiger partial charge in [0.1, 0.15) is 0 Å². The summed E-state index contributed by atoms with van der Waals surface area (Å²) in [5.41, 5.74) is -0.426. The number of aliphatic hydroxyl groups is 1. The van der Waals surface area contributed by atoms with E-state index in [1.807, 2.05) is 20.9 Å². The minimum Gasteiger partial charge on any atom is -0.394 e. The lowest BCUT2D eigenvalue weighted by Gasteiger charge is -2.30. The Hall–Kier alpha value is -0.610. The normalized spacial score (nSPS) is 11.4. The lowest BCUT2D eigenvalue weighted by atomic mass is 9.94. The molecule has 84 valence electrons. The number of hydrogen-bond donors (Lipinski definition) is 3. The summed E-state index contributed by atoms with van der Waals surface area (Å²) in [6.45, 7) is 4.61. The van der Waals surface area contributed by atoms with Gasteiger partial charge in [0.05, 0.1) is 12.1 Å². The van der Waals surface area contributed by atoms with E-state index in [1.165, 1.54) is 0 Å². The molecule has 0 aliphatic rings. The molecule has 3 N–H and O–H groups in total. The first-order valence-electron chi connectivity index (χ1n) is 5.20. The SMILES string of the molecule is CCC(CC)(CO)NC(=O)CCNC. The molecule has 0 saturated heterocycles. The number of aliphatic hydroxyl groups excluding tert-OH is 1. The van der Waals surface area contributed by atoms with E-state index in [2.05, 4.69) is 10.6 Å². The van der Waals surface area contributed by atoms with Crippen molar-refractivity contribution in [2.75, 3.05) is 20.2 Å². The van der Waals surface area contributed by atoms with Crippen LogP contribution in [-0.4, -0.2) is 36.8 Å². The first-order chi connectivity index (χ1) is 6.64. The molecule has 0 aliphatic carbocycles. The number of carbonyl (C=O) groups excluding carboxylic acids is 1. The van der Waals surface area contributed by atoms with Gasteiger partial charge in [-0.15, -0.1) is 0 Å². The van der Waals surface area contributed by atoms with Crippen molar-refractivity contribution in [3.05, 3.63) is 0 Å². The van der Waals surface area contributed by atoms with Crippen LogP contribution in [0.3, 0.4) is 0 Å². The maximum atomic E-state index is 11.4. The summed E-state index contributed by atoms with van der Waals surface area (Å²) in [5.74, 6) is -0.00269. The fourth-order valence-electron chi connectivity index (χ4n) is 1.29. The van der Waals surface area contributed by atoms with E-state index >= 15 is 0 Å². The summed E-state index contributed by atoms with van der Waals surface area (Å²) < 4.78 is 0. The molecule has 0 unspecified atom stereocenters. The van der Waals surface area contributed by atoms with Crippen LogP contribution in [0.4, 0.5) is 0 Å². The molecular formula is C10H22N2O2. The Morgan fingerprint density at radius 1 is 1.36 bits per heavy atom. The van der Waals surface area contributed by atoms with E-state index in [0.29, 0.717) is 13.0 Å². The lowest BCUT2D eigenvalue weighted by Crippen LogP contribution is -2.50. The molecule has 0 heterocycles. The maximum Gasteiger partial charge on any atom is 0.221 e. The average molecular weight is 202 g/mol. The van der Waals surface area contributed by atoms with E-state index in [9.17, 15) is 9.90 Å². The van der Waals surface area contributed by atoms with Crippen LogP contribution in [0.1, 0.15) is 33.1 Å². The third-order valence-electron chi connectivity index (χ3n) is 2.66. The van der Waals surface area contributed by atoms with Gasteiger partial charge in [-0.25, -0.2) is 0 Å². The molecule has 0 aromatic heterocycles. The zero-order valence-electron chi connectivity index (χ0n) is 9.39. The van der Waals surface area contributed by atoms with Gasteiger partial charge in [-0.2, -0.15) is 0 Å². The first-order valence-corrected chi connectivity index (χ1v) is 5.20. The predicted octanol–water partition coefficient (Wildman–Crippen LogP) is 0.263. The summed E-state index contributed by atoms with van der Waals surface area (Å²) in [5, 5.41) is 15.0. The third kappa shape index (κ3) is 4.07. The second-order valence-electron chi connectivity index (χ2n) is 3.55. The topological polar surface area (TPSA) is 61.4 Å². The van der Waals surface area contributed by atoms with E-state index in [4.69, 9.17) is 0 Å². The summed E-state index contributed by atoms with van der Waals surface area (Å²) in [6.07, 6.45) is 1.97. The van der Waals surface area contributed by atoms with Gasteiger partial charge in [-0.05, 0) is 19.9 Å². The highest BCUT2D eigenvalue weighted by Crippen LogP contribution is 2.13. The molecule has 4 nitrogen and oxygen atoms in total. The Balaban J connectivity index is 4.08. The van der Waals surface area contributed by atoms with Crippen LogP contribution in [0.5, 0.6) is 0 Å². The number of carbonyl (C=O) groups is 1. The average Bonchev–Trinajstić information content (AvgIpc) is 2.23. The number of rotatable bonds is 7. The third-order valence-corrected chi connectivity index (χ3v) is 2.66. The van der Waals surface area contributed by atoms with Crippen LogP contribution < -0.4 is 10.6 Å². The van der Waals surface area contributed by atoms with Crippen LogP contribution in [-0.2, 0) is 4.79 Å². The Labute approximate surface area is 86.1 Å². The van der Waals surface area contributed by atoms with Crippen LogP contribution >= 0.6 is 0 Å². The summed E-state index contributed by atoms with van der Waals surface area (Å²) >= 11 is 0. The highest BCUT2D eigenvalue weighted by molar-refractivity contribution is 5.77. The van der Waals surface area contributed by atoms with Crippen LogP contribution in [0, 0.1) is 0 Å². The molecule has 0 spiro atoms. The van der Waals surface area contributed by atoms with Crippen molar-refractivity contribution in [3.63, 3.8) is 0 Å². The van der Waals surface area contributed by atoms with Gasteiger partial charge in [-0.1, -0.05) is 13.8 Å². The molecule has 0 saturated carbocycles. The standard InChI is InChI=1S/C10H22N2O2/c1-4-10(5-2,8-13)12-9(14)6-7-11-3/h11,13H,4-8H2,1-3H3,(H,12,14). The minimum atomic E-state index is -0.426. The minimum absolute atomic E-state index is 0.00269. The zero-order chi connectivity index (χ0) is 11.0. The molecule has 0 aliphatic heterocycles. The highest BCUT2D eigenvalue weighted by atomic mass is 16.3. The Bertz CT molecular complexity index is 159. The molecule has 1 amide bonds. The monoisotopic (exact) mass is 202 g/mol. The van der Waals surface area contributed by atoms with Gasteiger partial charge in [0.2, 0.25) is 5.91 Å². The van der Waals surface area contributed by atoms with Crippen molar-refractivity contribution in [2.24, 2.45) is 0 Å². The van der Waals surface area contributed by atoms with Crippen molar-refractivity contribution in [1.29, 1.82) is 0 Å². The van der Waals surface area contributed by atoms with E-state index < -0.39 is 5.54 Å². The smallest absolute Gasteiger partial charge is 0.221 e. The second-order valence-corrected chi connectivity index (χ2v) is 3.55. The molecule has 4 heteroatoms. The van der Waals surface area contributed by atoms with Crippen molar-refractivity contribution in [2.45, 2.75) is 38.6 Å². The van der Waals surface area contributed by atoms with Gasteiger partial charge in [-0.3, -0.25) is 4.79 Å². The van der Waals surface area contributed by atoms with Crippen LogP contribution in [0.15, 0.2) is 0 Å². The number of hydrogen-bond acceptors (Lipinski definition) is 3. The summed E-state index contributed by atoms with van der Waals surface area (Å²) in [7, 11) is 1.81. The van der Waals surface area contributed by atoms with Gasteiger partial charge >= 0.3 is 0 Å². The maximum absolute atomic E-state index is 11.4. The van der Waals surface area contributed by atoms with Gasteiger partial charge in [0, 0.05) is 13.0 Å². The van der Waals surface area contributed by atoms with Crippen molar-refractivity contribution < 1.29 is 9.90 Å². The summed E-state index contributed by atoms with van der Waals surface area (Å²) in [6, 6.07) is 0. The van der Waals surface area contributed by atoms with Crippen molar-refractivity contribution >= 4 is 5.91 Å². The van der Waals surface area contributed by atoms with Gasteiger partial charge in [0.25, 0.3) is 0 Å².